The first-order valence-corrected chi connectivity index (χ1v) is 6.21. The van der Waals surface area contributed by atoms with E-state index >= 15 is 0 Å². The van der Waals surface area contributed by atoms with Gasteiger partial charge in [0.2, 0.25) is 0 Å². The molecule has 0 fully saturated rings. The highest BCUT2D eigenvalue weighted by atomic mass is 16.5. The fraction of sp³-hybridized carbons (Fsp3) is 0.571. The van der Waals surface area contributed by atoms with E-state index in [4.69, 9.17) is 4.74 Å². The average Bonchev–Trinajstić information content (AvgIpc) is 2.34. The van der Waals surface area contributed by atoms with Crippen molar-refractivity contribution < 1.29 is 9.84 Å². The van der Waals surface area contributed by atoms with E-state index in [2.05, 4.69) is 19.2 Å². The predicted molar refractivity (Wildman–Crippen MR) is 69.9 cm³/mol. The van der Waals surface area contributed by atoms with E-state index in [9.17, 15) is 5.11 Å². The lowest BCUT2D eigenvalue weighted by Gasteiger charge is -2.12. The maximum Gasteiger partial charge on any atom is 0.102 e. The molecule has 0 radical (unpaired) electrons. The monoisotopic (exact) mass is 237 g/mol. The topological polar surface area (TPSA) is 41.5 Å². The molecule has 0 spiro atoms. The highest BCUT2D eigenvalue weighted by Gasteiger charge is 2.05. The van der Waals surface area contributed by atoms with Crippen molar-refractivity contribution in [3.05, 3.63) is 35.9 Å². The molecule has 0 aliphatic rings. The Morgan fingerprint density at radius 1 is 1.24 bits per heavy atom. The zero-order chi connectivity index (χ0) is 12.5. The van der Waals surface area contributed by atoms with Gasteiger partial charge in [-0.25, -0.2) is 0 Å². The molecule has 1 rings (SSSR count). The molecule has 0 aromatic heterocycles. The van der Waals surface area contributed by atoms with Crippen molar-refractivity contribution in [2.75, 3.05) is 26.3 Å². The van der Waals surface area contributed by atoms with Gasteiger partial charge in [0.25, 0.3) is 0 Å². The number of benzene rings is 1. The van der Waals surface area contributed by atoms with Gasteiger partial charge in [-0.1, -0.05) is 44.2 Å². The summed E-state index contributed by atoms with van der Waals surface area (Å²) in [4.78, 5) is 0. The zero-order valence-electron chi connectivity index (χ0n) is 10.7. The summed E-state index contributed by atoms with van der Waals surface area (Å²) in [5, 5.41) is 13.1. The molecule has 0 saturated heterocycles. The molecule has 1 aromatic rings. The van der Waals surface area contributed by atoms with E-state index in [1.54, 1.807) is 0 Å². The minimum atomic E-state index is -0.527. The predicted octanol–water partition coefficient (Wildman–Crippen LogP) is 1.98. The van der Waals surface area contributed by atoms with Crippen LogP contribution in [0.5, 0.6) is 0 Å². The number of rotatable bonds is 8. The van der Waals surface area contributed by atoms with Gasteiger partial charge >= 0.3 is 0 Å². The van der Waals surface area contributed by atoms with Crippen LogP contribution in [-0.2, 0) is 4.74 Å². The van der Waals surface area contributed by atoms with E-state index in [1.165, 1.54) is 0 Å². The number of nitrogens with one attached hydrogen (secondary N) is 1. The minimum Gasteiger partial charge on any atom is -0.386 e. The Morgan fingerprint density at radius 3 is 2.59 bits per heavy atom. The first kappa shape index (κ1) is 14.2. The average molecular weight is 237 g/mol. The van der Waals surface area contributed by atoms with Gasteiger partial charge in [0.05, 0.1) is 13.2 Å². The van der Waals surface area contributed by atoms with Crippen LogP contribution >= 0.6 is 0 Å². The maximum absolute atomic E-state index is 9.82. The zero-order valence-corrected chi connectivity index (χ0v) is 10.7. The number of aliphatic hydroxyl groups excluding tert-OH is 1. The summed E-state index contributed by atoms with van der Waals surface area (Å²) >= 11 is 0. The van der Waals surface area contributed by atoms with Crippen LogP contribution in [0.4, 0.5) is 0 Å². The van der Waals surface area contributed by atoms with E-state index in [0.717, 1.165) is 18.7 Å². The van der Waals surface area contributed by atoms with E-state index in [-0.39, 0.29) is 0 Å². The minimum absolute atomic E-state index is 0.355. The molecule has 0 bridgehead atoms. The molecule has 1 atom stereocenters. The molecular formula is C14H23NO2. The standard InChI is InChI=1S/C14H23NO2/c1-12(2)10-15-8-9-17-11-14(16)13-6-4-3-5-7-13/h3-7,12,14-16H,8-11H2,1-2H3. The third kappa shape index (κ3) is 6.41. The summed E-state index contributed by atoms with van der Waals surface area (Å²) in [6.07, 6.45) is -0.527. The number of ether oxygens (including phenoxy) is 1. The van der Waals surface area contributed by atoms with Crippen LogP contribution in [0.1, 0.15) is 25.5 Å². The lowest BCUT2D eigenvalue weighted by atomic mass is 10.1. The first-order valence-electron chi connectivity index (χ1n) is 6.21. The molecule has 0 saturated carbocycles. The van der Waals surface area contributed by atoms with Crippen molar-refractivity contribution in [3.63, 3.8) is 0 Å². The summed E-state index contributed by atoms with van der Waals surface area (Å²) in [6, 6.07) is 9.59. The molecule has 0 aliphatic heterocycles. The molecule has 3 nitrogen and oxygen atoms in total. The molecule has 1 aromatic carbocycles. The highest BCUT2D eigenvalue weighted by Crippen LogP contribution is 2.11. The lowest BCUT2D eigenvalue weighted by molar-refractivity contribution is 0.0372. The van der Waals surface area contributed by atoms with Crippen LogP contribution in [0.3, 0.4) is 0 Å². The number of hydrogen-bond acceptors (Lipinski definition) is 3. The van der Waals surface area contributed by atoms with Crippen LogP contribution in [0.2, 0.25) is 0 Å². The maximum atomic E-state index is 9.82. The number of aliphatic hydroxyl groups is 1. The first-order chi connectivity index (χ1) is 8.20. The molecule has 1 unspecified atom stereocenters. The van der Waals surface area contributed by atoms with Gasteiger partial charge in [-0.05, 0) is 18.0 Å². The van der Waals surface area contributed by atoms with Crippen molar-refractivity contribution in [2.45, 2.75) is 20.0 Å². The Labute approximate surface area is 104 Å². The molecule has 0 heterocycles. The molecule has 17 heavy (non-hydrogen) atoms. The van der Waals surface area contributed by atoms with Crippen molar-refractivity contribution in [1.82, 2.24) is 5.32 Å². The molecule has 0 aliphatic carbocycles. The van der Waals surface area contributed by atoms with Gasteiger partial charge < -0.3 is 15.2 Å². The Balaban J connectivity index is 2.07. The van der Waals surface area contributed by atoms with Crippen LogP contribution < -0.4 is 5.32 Å². The number of hydrogen-bond donors (Lipinski definition) is 2. The molecule has 2 N–H and O–H groups in total. The molecule has 0 amide bonds. The van der Waals surface area contributed by atoms with Gasteiger partial charge in [0, 0.05) is 6.54 Å². The Bertz CT molecular complexity index is 288. The Kier molecular flexibility index (Phi) is 6.86. The molecule has 3 heteroatoms. The SMILES string of the molecule is CC(C)CNCCOCC(O)c1ccccc1. The van der Waals surface area contributed by atoms with Crippen molar-refractivity contribution in [2.24, 2.45) is 5.92 Å². The summed E-state index contributed by atoms with van der Waals surface area (Å²) in [6.45, 7) is 7.17. The van der Waals surface area contributed by atoms with Gasteiger partial charge in [0.1, 0.15) is 6.10 Å². The van der Waals surface area contributed by atoms with Crippen LogP contribution in [-0.4, -0.2) is 31.4 Å². The largest absolute Gasteiger partial charge is 0.386 e. The smallest absolute Gasteiger partial charge is 0.102 e. The van der Waals surface area contributed by atoms with Crippen molar-refractivity contribution >= 4 is 0 Å². The second-order valence-electron chi connectivity index (χ2n) is 4.60. The van der Waals surface area contributed by atoms with Crippen LogP contribution in [0.15, 0.2) is 30.3 Å². The van der Waals surface area contributed by atoms with Gasteiger partial charge in [-0.15, -0.1) is 0 Å². The highest BCUT2D eigenvalue weighted by molar-refractivity contribution is 5.17. The lowest BCUT2D eigenvalue weighted by Crippen LogP contribution is -2.24. The van der Waals surface area contributed by atoms with E-state index < -0.39 is 6.10 Å². The fourth-order valence-electron chi connectivity index (χ4n) is 1.50. The van der Waals surface area contributed by atoms with Gasteiger partial charge in [-0.2, -0.15) is 0 Å². The van der Waals surface area contributed by atoms with Crippen LogP contribution in [0, 0.1) is 5.92 Å². The molecular weight excluding hydrogens is 214 g/mol. The quantitative estimate of drug-likeness (QED) is 0.679. The van der Waals surface area contributed by atoms with E-state index in [1.807, 2.05) is 30.3 Å². The van der Waals surface area contributed by atoms with Crippen molar-refractivity contribution in [1.29, 1.82) is 0 Å². The normalized spacial score (nSPS) is 12.9. The summed E-state index contributed by atoms with van der Waals surface area (Å²) in [5.74, 6) is 0.657. The fourth-order valence-corrected chi connectivity index (χ4v) is 1.50. The third-order valence-corrected chi connectivity index (χ3v) is 2.44. The van der Waals surface area contributed by atoms with Gasteiger partial charge in [-0.3, -0.25) is 0 Å². The Hall–Kier alpha value is -0.900. The second kappa shape index (κ2) is 8.23. The van der Waals surface area contributed by atoms with Gasteiger partial charge in [0.15, 0.2) is 0 Å². The summed E-state index contributed by atoms with van der Waals surface area (Å²) in [7, 11) is 0. The Morgan fingerprint density at radius 2 is 1.94 bits per heavy atom. The van der Waals surface area contributed by atoms with Crippen molar-refractivity contribution in [3.8, 4) is 0 Å². The third-order valence-electron chi connectivity index (χ3n) is 2.44. The summed E-state index contributed by atoms with van der Waals surface area (Å²) in [5.41, 5.74) is 0.905. The molecule has 96 valence electrons. The second-order valence-corrected chi connectivity index (χ2v) is 4.60. The van der Waals surface area contributed by atoms with E-state index in [0.29, 0.717) is 19.1 Å². The summed E-state index contributed by atoms with van der Waals surface area (Å²) < 4.78 is 5.42. The van der Waals surface area contributed by atoms with Crippen LogP contribution in [0.25, 0.3) is 0 Å².